The number of alkyl halides is 5. The molecule has 5 nitrogen and oxygen atoms in total. The molecule has 0 radical (unpaired) electrons. The van der Waals surface area contributed by atoms with Gasteiger partial charge < -0.3 is 11.2 Å². The maximum atomic E-state index is 13.3. The first-order chi connectivity index (χ1) is 14.7. The van der Waals surface area contributed by atoms with Gasteiger partial charge in [0.2, 0.25) is 5.91 Å². The number of thioether (sulfide) groups is 1. The van der Waals surface area contributed by atoms with E-state index in [0.717, 1.165) is 17.7 Å². The standard InChI is InChI=1S/C20H24ClF5N4OS/c1-5-6-14(21)8-7-12(2)17-15(9-10-16(31)28-13(3)19(4,22)23)30(27)18(29-17)32-11-20(24,25)26/h5-10,12-13H,1,11,27H2,2-4H3,(H,28,31)/b8-7-,10-9+,14-6+. The van der Waals surface area contributed by atoms with Crippen molar-refractivity contribution >= 4 is 35.3 Å². The average molecular weight is 499 g/mol. The molecule has 1 amide bonds. The summed E-state index contributed by atoms with van der Waals surface area (Å²) in [6.07, 6.45) is 3.94. The molecule has 2 unspecified atom stereocenters. The number of nitrogen functional groups attached to an aromatic ring is 1. The Balaban J connectivity index is 3.25. The van der Waals surface area contributed by atoms with Gasteiger partial charge in [-0.2, -0.15) is 13.2 Å². The van der Waals surface area contributed by atoms with Crippen LogP contribution in [-0.2, 0) is 4.79 Å². The summed E-state index contributed by atoms with van der Waals surface area (Å²) in [7, 11) is 0. The van der Waals surface area contributed by atoms with Gasteiger partial charge in [0.25, 0.3) is 5.92 Å². The summed E-state index contributed by atoms with van der Waals surface area (Å²) in [5.74, 6) is 0.285. The largest absolute Gasteiger partial charge is 0.398 e. The van der Waals surface area contributed by atoms with Gasteiger partial charge in [-0.1, -0.05) is 49.0 Å². The summed E-state index contributed by atoms with van der Waals surface area (Å²) in [6, 6.07) is -1.43. The normalized spacial score (nSPS) is 15.3. The summed E-state index contributed by atoms with van der Waals surface area (Å²) in [5.41, 5.74) is 0.413. The van der Waals surface area contributed by atoms with Crippen molar-refractivity contribution in [1.82, 2.24) is 15.0 Å². The summed E-state index contributed by atoms with van der Waals surface area (Å²) >= 11 is 6.35. The van der Waals surface area contributed by atoms with Crippen molar-refractivity contribution < 1.29 is 26.7 Å². The number of amides is 1. The highest BCUT2D eigenvalue weighted by Crippen LogP contribution is 2.30. The Bertz CT molecular complexity index is 903. The Hall–Kier alpha value is -2.27. The molecule has 0 spiro atoms. The van der Waals surface area contributed by atoms with Crippen LogP contribution >= 0.6 is 23.4 Å². The molecule has 0 aliphatic carbocycles. The Morgan fingerprint density at radius 3 is 2.47 bits per heavy atom. The second kappa shape index (κ2) is 11.6. The fraction of sp³-hybridized carbons (Fsp3) is 0.400. The minimum absolute atomic E-state index is 0.126. The number of carbonyl (C=O) groups excluding carboxylic acids is 1. The van der Waals surface area contributed by atoms with E-state index in [9.17, 15) is 26.7 Å². The highest BCUT2D eigenvalue weighted by molar-refractivity contribution is 7.99. The van der Waals surface area contributed by atoms with Crippen molar-refractivity contribution in [2.24, 2.45) is 0 Å². The molecule has 1 aromatic rings. The zero-order valence-corrected chi connectivity index (χ0v) is 19.2. The molecule has 0 saturated heterocycles. The molecule has 0 aromatic carbocycles. The molecule has 0 saturated carbocycles. The van der Waals surface area contributed by atoms with E-state index in [-0.39, 0.29) is 16.5 Å². The predicted octanol–water partition coefficient (Wildman–Crippen LogP) is 5.39. The maximum absolute atomic E-state index is 13.3. The van der Waals surface area contributed by atoms with Crippen LogP contribution in [0.4, 0.5) is 22.0 Å². The summed E-state index contributed by atoms with van der Waals surface area (Å²) in [6.45, 7) is 7.02. The number of nitrogens with two attached hydrogens (primary N) is 1. The number of carbonyl (C=O) groups is 1. The second-order valence-corrected chi connectivity index (χ2v) is 8.27. The fourth-order valence-corrected chi connectivity index (χ4v) is 3.08. The number of allylic oxidation sites excluding steroid dienone is 5. The maximum Gasteiger partial charge on any atom is 0.398 e. The van der Waals surface area contributed by atoms with Crippen molar-refractivity contribution in [3.05, 3.63) is 53.4 Å². The fourth-order valence-electron chi connectivity index (χ4n) is 2.23. The van der Waals surface area contributed by atoms with E-state index in [2.05, 4.69) is 16.9 Å². The summed E-state index contributed by atoms with van der Waals surface area (Å²) in [4.78, 5) is 16.2. The predicted molar refractivity (Wildman–Crippen MR) is 118 cm³/mol. The first-order valence-corrected chi connectivity index (χ1v) is 10.6. The van der Waals surface area contributed by atoms with E-state index >= 15 is 0 Å². The molecule has 0 aliphatic heterocycles. The molecule has 1 rings (SSSR count). The number of nitrogens with one attached hydrogen (secondary N) is 1. The third-order valence-corrected chi connectivity index (χ3v) is 5.34. The topological polar surface area (TPSA) is 72.9 Å². The summed E-state index contributed by atoms with van der Waals surface area (Å²) in [5, 5.41) is 2.35. The first-order valence-electron chi connectivity index (χ1n) is 9.25. The zero-order chi connectivity index (χ0) is 24.7. The molecule has 0 bridgehead atoms. The minimum atomic E-state index is -4.44. The van der Waals surface area contributed by atoms with E-state index in [1.807, 2.05) is 0 Å². The van der Waals surface area contributed by atoms with Gasteiger partial charge >= 0.3 is 6.18 Å². The van der Waals surface area contributed by atoms with Crippen molar-refractivity contribution in [1.29, 1.82) is 0 Å². The van der Waals surface area contributed by atoms with E-state index < -0.39 is 35.7 Å². The zero-order valence-electron chi connectivity index (χ0n) is 17.6. The monoisotopic (exact) mass is 498 g/mol. The lowest BCUT2D eigenvalue weighted by molar-refractivity contribution is -0.120. The van der Waals surface area contributed by atoms with Gasteiger partial charge in [0.05, 0.1) is 23.2 Å². The van der Waals surface area contributed by atoms with Crippen LogP contribution in [0.25, 0.3) is 6.08 Å². The number of imidazole rings is 1. The smallest absolute Gasteiger partial charge is 0.344 e. The van der Waals surface area contributed by atoms with Crippen LogP contribution < -0.4 is 11.2 Å². The van der Waals surface area contributed by atoms with Crippen LogP contribution in [0.1, 0.15) is 38.1 Å². The van der Waals surface area contributed by atoms with E-state index in [0.29, 0.717) is 23.7 Å². The molecule has 1 aromatic heterocycles. The van der Waals surface area contributed by atoms with Crippen LogP contribution in [0.3, 0.4) is 0 Å². The third-order valence-electron chi connectivity index (χ3n) is 4.07. The molecular formula is C20H24ClF5N4OS. The van der Waals surface area contributed by atoms with Gasteiger partial charge in [0.15, 0.2) is 5.16 Å². The van der Waals surface area contributed by atoms with E-state index in [4.69, 9.17) is 17.4 Å². The highest BCUT2D eigenvalue weighted by atomic mass is 35.5. The molecule has 12 heteroatoms. The van der Waals surface area contributed by atoms with E-state index in [1.165, 1.54) is 18.2 Å². The molecule has 3 N–H and O–H groups in total. The number of rotatable bonds is 10. The van der Waals surface area contributed by atoms with Crippen molar-refractivity contribution in [3.8, 4) is 0 Å². The Morgan fingerprint density at radius 1 is 1.31 bits per heavy atom. The number of hydrogen-bond donors (Lipinski definition) is 2. The minimum Gasteiger partial charge on any atom is -0.344 e. The molecule has 1 heterocycles. The molecule has 32 heavy (non-hydrogen) atoms. The Morgan fingerprint density at radius 2 is 1.94 bits per heavy atom. The summed E-state index contributed by atoms with van der Waals surface area (Å²) < 4.78 is 65.3. The average Bonchev–Trinajstić information content (AvgIpc) is 2.97. The van der Waals surface area contributed by atoms with Crippen molar-refractivity contribution in [3.63, 3.8) is 0 Å². The van der Waals surface area contributed by atoms with Crippen LogP contribution in [0.15, 0.2) is 47.1 Å². The lowest BCUT2D eigenvalue weighted by Gasteiger charge is -2.19. The highest BCUT2D eigenvalue weighted by Gasteiger charge is 2.31. The van der Waals surface area contributed by atoms with Crippen molar-refractivity contribution in [2.75, 3.05) is 11.6 Å². The van der Waals surface area contributed by atoms with Crippen LogP contribution in [0, 0.1) is 0 Å². The molecule has 0 fully saturated rings. The van der Waals surface area contributed by atoms with Gasteiger partial charge in [-0.05, 0) is 25.2 Å². The number of aromatic nitrogens is 2. The number of hydrogen-bond acceptors (Lipinski definition) is 4. The van der Waals surface area contributed by atoms with E-state index in [1.54, 1.807) is 19.1 Å². The Labute approximate surface area is 192 Å². The lowest BCUT2D eigenvalue weighted by Crippen LogP contribution is -2.43. The van der Waals surface area contributed by atoms with Crippen LogP contribution in [0.5, 0.6) is 0 Å². The van der Waals surface area contributed by atoms with Gasteiger partial charge in [-0.15, -0.1) is 0 Å². The van der Waals surface area contributed by atoms with Gasteiger partial charge in [-0.25, -0.2) is 18.4 Å². The molecular weight excluding hydrogens is 475 g/mol. The van der Waals surface area contributed by atoms with Crippen LogP contribution in [-0.4, -0.2) is 39.5 Å². The Kier molecular flexibility index (Phi) is 10.0. The molecule has 178 valence electrons. The number of nitrogens with zero attached hydrogens (tertiary/aromatic N) is 2. The van der Waals surface area contributed by atoms with Gasteiger partial charge in [0, 0.05) is 23.9 Å². The lowest BCUT2D eigenvalue weighted by atomic mass is 10.0. The van der Waals surface area contributed by atoms with Gasteiger partial charge in [-0.3, -0.25) is 4.79 Å². The SMILES string of the molecule is C=C/C=C(Cl)\C=C/C(C)c1nc(SCC(F)(F)F)n(N)c1/C=C/C(=O)NC(C)C(C)(F)F. The molecule has 0 aliphatic rings. The third kappa shape index (κ3) is 9.07. The quantitative estimate of drug-likeness (QED) is 0.149. The second-order valence-electron chi connectivity index (χ2n) is 6.89. The molecule has 2 atom stereocenters. The number of halogens is 6. The first kappa shape index (κ1) is 27.8. The van der Waals surface area contributed by atoms with Crippen LogP contribution in [0.2, 0.25) is 0 Å². The van der Waals surface area contributed by atoms with Crippen molar-refractivity contribution in [2.45, 2.75) is 50.0 Å². The van der Waals surface area contributed by atoms with Gasteiger partial charge in [0.1, 0.15) is 0 Å².